The third-order valence-electron chi connectivity index (χ3n) is 5.71. The van der Waals surface area contributed by atoms with Crippen molar-refractivity contribution in [3.05, 3.63) is 77.4 Å². The van der Waals surface area contributed by atoms with Gasteiger partial charge in [0.2, 0.25) is 6.23 Å². The first-order chi connectivity index (χ1) is 15.2. The molecule has 2 aliphatic heterocycles. The predicted molar refractivity (Wildman–Crippen MR) is 122 cm³/mol. The molecule has 2 heterocycles. The Morgan fingerprint density at radius 1 is 1.06 bits per heavy atom. The fraction of sp³-hybridized carbons (Fsp3) is 0.200. The van der Waals surface area contributed by atoms with Gasteiger partial charge in [-0.1, -0.05) is 48.5 Å². The van der Waals surface area contributed by atoms with Crippen LogP contribution < -0.4 is 9.47 Å². The number of hydrogen-bond acceptors (Lipinski definition) is 5. The van der Waals surface area contributed by atoms with E-state index in [4.69, 9.17) is 14.9 Å². The van der Waals surface area contributed by atoms with Crippen LogP contribution >= 0.6 is 0 Å². The van der Waals surface area contributed by atoms with Crippen LogP contribution in [-0.2, 0) is 0 Å². The van der Waals surface area contributed by atoms with E-state index >= 15 is 0 Å². The van der Waals surface area contributed by atoms with E-state index in [1.54, 1.807) is 18.3 Å². The molecular formula is C25H23N3O3. The number of benzene rings is 3. The van der Waals surface area contributed by atoms with Crippen molar-refractivity contribution in [2.75, 3.05) is 20.3 Å². The number of nitrogens with zero attached hydrogens (tertiary/aromatic N) is 2. The van der Waals surface area contributed by atoms with Gasteiger partial charge in [-0.15, -0.1) is 0 Å². The molecule has 0 bridgehead atoms. The molecule has 0 amide bonds. The molecule has 156 valence electrons. The van der Waals surface area contributed by atoms with Crippen LogP contribution in [0, 0.1) is 5.41 Å². The van der Waals surface area contributed by atoms with Crippen molar-refractivity contribution in [3.63, 3.8) is 0 Å². The summed E-state index contributed by atoms with van der Waals surface area (Å²) < 4.78 is 12.1. The van der Waals surface area contributed by atoms with Crippen LogP contribution in [-0.4, -0.2) is 48.7 Å². The van der Waals surface area contributed by atoms with Gasteiger partial charge in [0.1, 0.15) is 17.3 Å². The largest absolute Gasteiger partial charge is 0.496 e. The third kappa shape index (κ3) is 3.16. The summed E-state index contributed by atoms with van der Waals surface area (Å²) in [5, 5.41) is 20.3. The SMILES string of the molecule is COc1ccccc1C1=C2C(=N)N(CCCO)C=NC2Oc2c1ccc1ccccc21. The predicted octanol–water partition coefficient (Wildman–Crippen LogP) is 4.07. The van der Waals surface area contributed by atoms with Gasteiger partial charge in [-0.2, -0.15) is 0 Å². The van der Waals surface area contributed by atoms with Crippen molar-refractivity contribution in [1.82, 2.24) is 4.90 Å². The van der Waals surface area contributed by atoms with Crippen LogP contribution in [0.5, 0.6) is 11.5 Å². The minimum absolute atomic E-state index is 0.0603. The zero-order chi connectivity index (χ0) is 21.4. The van der Waals surface area contributed by atoms with Gasteiger partial charge in [0, 0.05) is 35.2 Å². The van der Waals surface area contributed by atoms with Gasteiger partial charge < -0.3 is 19.5 Å². The maximum absolute atomic E-state index is 9.25. The minimum atomic E-state index is -0.615. The maximum atomic E-state index is 9.25. The van der Waals surface area contributed by atoms with Crippen molar-refractivity contribution in [3.8, 4) is 11.5 Å². The summed E-state index contributed by atoms with van der Waals surface area (Å²) in [6.07, 6.45) is 1.58. The molecule has 3 aromatic carbocycles. The van der Waals surface area contributed by atoms with Gasteiger partial charge in [-0.05, 0) is 23.9 Å². The molecule has 0 aromatic heterocycles. The Kier molecular flexibility index (Phi) is 4.92. The van der Waals surface area contributed by atoms with Crippen molar-refractivity contribution < 1.29 is 14.6 Å². The van der Waals surface area contributed by atoms with Gasteiger partial charge in [0.05, 0.1) is 19.0 Å². The summed E-state index contributed by atoms with van der Waals surface area (Å²) in [4.78, 5) is 6.39. The average Bonchev–Trinajstić information content (AvgIpc) is 2.82. The Morgan fingerprint density at radius 3 is 2.71 bits per heavy atom. The van der Waals surface area contributed by atoms with Crippen LogP contribution in [0.2, 0.25) is 0 Å². The lowest BCUT2D eigenvalue weighted by Gasteiger charge is -2.36. The normalized spacial score (nSPS) is 17.4. The Balaban J connectivity index is 1.79. The number of aliphatic hydroxyl groups excluding tert-OH is 1. The Bertz CT molecular complexity index is 1230. The van der Waals surface area contributed by atoms with Crippen molar-refractivity contribution in [2.45, 2.75) is 12.6 Å². The number of amidine groups is 1. The monoisotopic (exact) mass is 413 g/mol. The summed E-state index contributed by atoms with van der Waals surface area (Å²) in [6, 6.07) is 20.1. The quantitative estimate of drug-likeness (QED) is 0.661. The first-order valence-electron chi connectivity index (χ1n) is 10.3. The second kappa shape index (κ2) is 7.89. The molecule has 5 rings (SSSR count). The summed E-state index contributed by atoms with van der Waals surface area (Å²) in [5.74, 6) is 1.82. The first-order valence-corrected chi connectivity index (χ1v) is 10.3. The molecule has 0 spiro atoms. The number of ether oxygens (including phenoxy) is 2. The average molecular weight is 413 g/mol. The number of rotatable bonds is 5. The van der Waals surface area contributed by atoms with Gasteiger partial charge in [-0.25, -0.2) is 4.99 Å². The number of hydrogen-bond donors (Lipinski definition) is 2. The zero-order valence-corrected chi connectivity index (χ0v) is 17.2. The molecule has 0 saturated carbocycles. The molecule has 0 aliphatic carbocycles. The second-order valence-corrected chi connectivity index (χ2v) is 7.51. The lowest BCUT2D eigenvalue weighted by atomic mass is 9.86. The summed E-state index contributed by atoms with van der Waals surface area (Å²) in [5.41, 5.74) is 3.41. The van der Waals surface area contributed by atoms with Gasteiger partial charge in [0.25, 0.3) is 0 Å². The van der Waals surface area contributed by atoms with Crippen LogP contribution in [0.15, 0.2) is 71.2 Å². The molecule has 6 nitrogen and oxygen atoms in total. The molecular weight excluding hydrogens is 390 g/mol. The molecule has 1 atom stereocenters. The van der Waals surface area contributed by atoms with E-state index in [1.807, 2.05) is 48.5 Å². The number of aliphatic hydroxyl groups is 1. The van der Waals surface area contributed by atoms with Gasteiger partial charge >= 0.3 is 0 Å². The molecule has 0 radical (unpaired) electrons. The highest BCUT2D eigenvalue weighted by molar-refractivity contribution is 6.14. The maximum Gasteiger partial charge on any atom is 0.221 e. The Morgan fingerprint density at radius 2 is 1.87 bits per heavy atom. The van der Waals surface area contributed by atoms with Crippen LogP contribution in [0.3, 0.4) is 0 Å². The molecule has 31 heavy (non-hydrogen) atoms. The fourth-order valence-electron chi connectivity index (χ4n) is 4.25. The topological polar surface area (TPSA) is 78.1 Å². The smallest absolute Gasteiger partial charge is 0.221 e. The van der Waals surface area contributed by atoms with Crippen molar-refractivity contribution in [1.29, 1.82) is 5.41 Å². The molecule has 0 saturated heterocycles. The van der Waals surface area contributed by atoms with E-state index in [-0.39, 0.29) is 6.61 Å². The fourth-order valence-corrected chi connectivity index (χ4v) is 4.25. The van der Waals surface area contributed by atoms with E-state index in [2.05, 4.69) is 17.1 Å². The second-order valence-electron chi connectivity index (χ2n) is 7.51. The zero-order valence-electron chi connectivity index (χ0n) is 17.2. The molecule has 6 heteroatoms. The standard InChI is InChI=1S/C25H23N3O3/c1-30-20-10-5-4-9-18(20)21-19-12-11-16-7-2-3-8-17(16)23(19)31-25-22(21)24(26)28(15-27-25)13-6-14-29/h2-5,7-12,15,25-26,29H,6,13-14H2,1H3. The number of methoxy groups -OCH3 is 1. The van der Waals surface area contributed by atoms with E-state index in [0.29, 0.717) is 24.4 Å². The molecule has 2 N–H and O–H groups in total. The van der Waals surface area contributed by atoms with E-state index in [0.717, 1.165) is 39.0 Å². The summed E-state index contributed by atoms with van der Waals surface area (Å²) in [7, 11) is 1.65. The third-order valence-corrected chi connectivity index (χ3v) is 5.71. The lowest BCUT2D eigenvalue weighted by molar-refractivity contribution is 0.243. The number of aliphatic imine (C=N–C) groups is 1. The van der Waals surface area contributed by atoms with Gasteiger partial charge in [-0.3, -0.25) is 5.41 Å². The lowest BCUT2D eigenvalue weighted by Crippen LogP contribution is -2.43. The van der Waals surface area contributed by atoms with Crippen LogP contribution in [0.4, 0.5) is 0 Å². The van der Waals surface area contributed by atoms with Crippen molar-refractivity contribution in [2.24, 2.45) is 4.99 Å². The van der Waals surface area contributed by atoms with Crippen molar-refractivity contribution >= 4 is 28.5 Å². The highest BCUT2D eigenvalue weighted by Gasteiger charge is 2.37. The summed E-state index contributed by atoms with van der Waals surface area (Å²) >= 11 is 0. The Hall–Kier alpha value is -3.64. The highest BCUT2D eigenvalue weighted by Crippen LogP contribution is 2.46. The van der Waals surface area contributed by atoms with Gasteiger partial charge in [0.15, 0.2) is 0 Å². The number of fused-ring (bicyclic) bond motifs is 4. The number of nitrogens with one attached hydrogen (secondary N) is 1. The van der Waals surface area contributed by atoms with Crippen LogP contribution in [0.25, 0.3) is 16.3 Å². The molecule has 0 fully saturated rings. The van der Waals surface area contributed by atoms with E-state index < -0.39 is 6.23 Å². The first kappa shape index (κ1) is 19.3. The molecule has 1 unspecified atom stereocenters. The Labute approximate surface area is 180 Å². The minimum Gasteiger partial charge on any atom is -0.496 e. The molecule has 3 aromatic rings. The number of para-hydroxylation sites is 1. The molecule has 2 aliphatic rings. The highest BCUT2D eigenvalue weighted by atomic mass is 16.5. The summed E-state index contributed by atoms with van der Waals surface area (Å²) in [6.45, 7) is 0.573. The van der Waals surface area contributed by atoms with Crippen LogP contribution in [0.1, 0.15) is 17.5 Å². The van der Waals surface area contributed by atoms with E-state index in [1.165, 1.54) is 0 Å². The van der Waals surface area contributed by atoms with E-state index in [9.17, 15) is 5.11 Å².